The molecule has 19 heavy (non-hydrogen) atoms. The van der Waals surface area contributed by atoms with Gasteiger partial charge in [-0.3, -0.25) is 0 Å². The lowest BCUT2D eigenvalue weighted by molar-refractivity contribution is 0.587. The van der Waals surface area contributed by atoms with E-state index in [0.29, 0.717) is 0 Å². The molecule has 96 valence electrons. The van der Waals surface area contributed by atoms with Gasteiger partial charge in [0.05, 0.1) is 12.0 Å². The highest BCUT2D eigenvalue weighted by molar-refractivity contribution is 5.63. The maximum atomic E-state index is 13.2. The van der Waals surface area contributed by atoms with Gasteiger partial charge in [-0.15, -0.1) is 0 Å². The minimum atomic E-state index is -0.237. The first kappa shape index (κ1) is 13.3. The van der Waals surface area contributed by atoms with E-state index in [1.807, 2.05) is 44.2 Å². The van der Waals surface area contributed by atoms with Crippen molar-refractivity contribution in [2.75, 3.05) is 0 Å². The van der Waals surface area contributed by atoms with Gasteiger partial charge in [-0.25, -0.2) is 4.39 Å². The Kier molecular flexibility index (Phi) is 3.97. The van der Waals surface area contributed by atoms with Crippen LogP contribution < -0.4 is 0 Å². The number of nitriles is 1. The smallest absolute Gasteiger partial charge is 0.123 e. The topological polar surface area (TPSA) is 23.8 Å². The predicted octanol–water partition coefficient (Wildman–Crippen LogP) is 4.76. The van der Waals surface area contributed by atoms with E-state index in [4.69, 9.17) is 0 Å². The Morgan fingerprint density at radius 3 is 2.21 bits per heavy atom. The van der Waals surface area contributed by atoms with Gasteiger partial charge < -0.3 is 0 Å². The molecule has 1 atom stereocenters. The van der Waals surface area contributed by atoms with Gasteiger partial charge in [-0.2, -0.15) is 5.26 Å². The van der Waals surface area contributed by atoms with Crippen LogP contribution in [0.15, 0.2) is 48.5 Å². The lowest BCUT2D eigenvalue weighted by atomic mass is 9.89. The number of halogens is 1. The van der Waals surface area contributed by atoms with Gasteiger partial charge in [0.1, 0.15) is 5.82 Å². The summed E-state index contributed by atoms with van der Waals surface area (Å²) in [4.78, 5) is 0. The molecule has 2 aromatic carbocycles. The summed E-state index contributed by atoms with van der Waals surface area (Å²) in [6.07, 6.45) is 0. The van der Waals surface area contributed by atoms with Crippen LogP contribution in [0.25, 0.3) is 11.1 Å². The van der Waals surface area contributed by atoms with E-state index in [0.717, 1.165) is 16.7 Å². The van der Waals surface area contributed by atoms with Crippen LogP contribution in [-0.4, -0.2) is 0 Å². The quantitative estimate of drug-likeness (QED) is 0.774. The van der Waals surface area contributed by atoms with Crippen molar-refractivity contribution in [2.24, 2.45) is 5.92 Å². The Balaban J connectivity index is 2.31. The van der Waals surface area contributed by atoms with Crippen molar-refractivity contribution in [3.05, 3.63) is 59.9 Å². The maximum Gasteiger partial charge on any atom is 0.123 e. The average Bonchev–Trinajstić information content (AvgIpc) is 2.40. The number of hydrogen-bond donors (Lipinski definition) is 0. The Morgan fingerprint density at radius 2 is 1.68 bits per heavy atom. The number of benzene rings is 2. The maximum absolute atomic E-state index is 13.2. The number of rotatable bonds is 3. The molecule has 1 nitrogen and oxygen atoms in total. The van der Waals surface area contributed by atoms with E-state index in [1.54, 1.807) is 6.07 Å². The molecule has 1 unspecified atom stereocenters. The normalized spacial score (nSPS) is 12.2. The highest BCUT2D eigenvalue weighted by Crippen LogP contribution is 2.27. The van der Waals surface area contributed by atoms with Crippen LogP contribution in [0.1, 0.15) is 25.3 Å². The summed E-state index contributed by atoms with van der Waals surface area (Å²) in [6, 6.07) is 16.6. The number of nitrogens with zero attached hydrogens (tertiary/aromatic N) is 1. The zero-order chi connectivity index (χ0) is 13.8. The molecular formula is C17H16FN. The van der Waals surface area contributed by atoms with Crippen LogP contribution >= 0.6 is 0 Å². The largest absolute Gasteiger partial charge is 0.207 e. The van der Waals surface area contributed by atoms with E-state index in [-0.39, 0.29) is 17.7 Å². The minimum Gasteiger partial charge on any atom is -0.207 e. The van der Waals surface area contributed by atoms with Crippen molar-refractivity contribution in [3.8, 4) is 17.2 Å². The minimum absolute atomic E-state index is 0.0958. The molecule has 0 saturated heterocycles. The Hall–Kier alpha value is -2.14. The molecule has 0 saturated carbocycles. The molecule has 0 aliphatic rings. The molecule has 0 aliphatic heterocycles. The fraction of sp³-hybridized carbons (Fsp3) is 0.235. The van der Waals surface area contributed by atoms with Crippen LogP contribution in [0.5, 0.6) is 0 Å². The second kappa shape index (κ2) is 5.67. The molecule has 2 rings (SSSR count). The van der Waals surface area contributed by atoms with E-state index in [2.05, 4.69) is 6.07 Å². The van der Waals surface area contributed by atoms with Crippen LogP contribution in [0.2, 0.25) is 0 Å². The Morgan fingerprint density at radius 1 is 1.00 bits per heavy atom. The summed E-state index contributed by atoms with van der Waals surface area (Å²) in [5.74, 6) is -0.0507. The third kappa shape index (κ3) is 3.00. The van der Waals surface area contributed by atoms with Crippen LogP contribution in [0.3, 0.4) is 0 Å². The second-order valence-electron chi connectivity index (χ2n) is 4.98. The summed E-state index contributed by atoms with van der Waals surface area (Å²) >= 11 is 0. The van der Waals surface area contributed by atoms with Gasteiger partial charge in [0.25, 0.3) is 0 Å². The summed E-state index contributed by atoms with van der Waals surface area (Å²) in [5.41, 5.74) is 2.82. The SMILES string of the molecule is CC(C)C(C#N)c1ccc(-c2cccc(F)c2)cc1. The van der Waals surface area contributed by atoms with E-state index in [9.17, 15) is 9.65 Å². The molecule has 0 amide bonds. The molecule has 0 fully saturated rings. The Bertz CT molecular complexity index is 593. The average molecular weight is 253 g/mol. The van der Waals surface area contributed by atoms with Gasteiger partial charge in [0, 0.05) is 0 Å². The van der Waals surface area contributed by atoms with Gasteiger partial charge in [0.15, 0.2) is 0 Å². The van der Waals surface area contributed by atoms with Gasteiger partial charge in [-0.1, -0.05) is 50.2 Å². The van der Waals surface area contributed by atoms with Crippen LogP contribution in [0, 0.1) is 23.1 Å². The lowest BCUT2D eigenvalue weighted by Crippen LogP contribution is -2.03. The Labute approximate surface area is 113 Å². The third-order valence-electron chi connectivity index (χ3n) is 3.23. The van der Waals surface area contributed by atoms with Gasteiger partial charge in [-0.05, 0) is 34.7 Å². The molecular weight excluding hydrogens is 237 g/mol. The predicted molar refractivity (Wildman–Crippen MR) is 75.0 cm³/mol. The summed E-state index contributed by atoms with van der Waals surface area (Å²) in [7, 11) is 0. The molecule has 0 aromatic heterocycles. The molecule has 2 heteroatoms. The van der Waals surface area contributed by atoms with Crippen LogP contribution in [0.4, 0.5) is 4.39 Å². The summed E-state index contributed by atoms with van der Waals surface area (Å²) in [6.45, 7) is 4.07. The van der Waals surface area contributed by atoms with Crippen molar-refractivity contribution in [1.82, 2.24) is 0 Å². The monoisotopic (exact) mass is 253 g/mol. The van der Waals surface area contributed by atoms with Crippen molar-refractivity contribution >= 4 is 0 Å². The van der Waals surface area contributed by atoms with Crippen molar-refractivity contribution in [2.45, 2.75) is 19.8 Å². The van der Waals surface area contributed by atoms with E-state index >= 15 is 0 Å². The summed E-state index contributed by atoms with van der Waals surface area (Å²) < 4.78 is 13.2. The molecule has 2 aromatic rings. The second-order valence-corrected chi connectivity index (χ2v) is 4.98. The first-order valence-corrected chi connectivity index (χ1v) is 6.37. The first-order chi connectivity index (χ1) is 9.11. The fourth-order valence-corrected chi connectivity index (χ4v) is 2.16. The van der Waals surface area contributed by atoms with Crippen molar-refractivity contribution in [1.29, 1.82) is 5.26 Å². The zero-order valence-electron chi connectivity index (χ0n) is 11.1. The highest BCUT2D eigenvalue weighted by atomic mass is 19.1. The van der Waals surface area contributed by atoms with Crippen LogP contribution in [-0.2, 0) is 0 Å². The summed E-state index contributed by atoms with van der Waals surface area (Å²) in [5, 5.41) is 9.17. The van der Waals surface area contributed by atoms with Gasteiger partial charge >= 0.3 is 0 Å². The highest BCUT2D eigenvalue weighted by Gasteiger charge is 2.14. The standard InChI is InChI=1S/C17H16FN/c1-12(2)17(11-19)14-8-6-13(7-9-14)15-4-3-5-16(18)10-15/h3-10,12,17H,1-2H3. The molecule has 0 bridgehead atoms. The fourth-order valence-electron chi connectivity index (χ4n) is 2.16. The molecule has 0 radical (unpaired) electrons. The zero-order valence-corrected chi connectivity index (χ0v) is 11.1. The van der Waals surface area contributed by atoms with Crippen molar-refractivity contribution in [3.63, 3.8) is 0 Å². The molecule has 0 N–H and O–H groups in total. The first-order valence-electron chi connectivity index (χ1n) is 6.37. The lowest BCUT2D eigenvalue weighted by Gasteiger charge is -2.13. The number of hydrogen-bond acceptors (Lipinski definition) is 1. The van der Waals surface area contributed by atoms with E-state index in [1.165, 1.54) is 12.1 Å². The third-order valence-corrected chi connectivity index (χ3v) is 3.23. The van der Waals surface area contributed by atoms with Crippen molar-refractivity contribution < 1.29 is 4.39 Å². The van der Waals surface area contributed by atoms with Gasteiger partial charge in [0.2, 0.25) is 0 Å². The molecule has 0 heterocycles. The van der Waals surface area contributed by atoms with E-state index < -0.39 is 0 Å². The molecule has 0 aliphatic carbocycles. The molecule has 0 spiro atoms.